The molecule has 0 atom stereocenters. The summed E-state index contributed by atoms with van der Waals surface area (Å²) in [5.41, 5.74) is 4.19. The van der Waals surface area contributed by atoms with Crippen molar-refractivity contribution in [3.05, 3.63) is 95.8 Å². The van der Waals surface area contributed by atoms with E-state index in [0.717, 1.165) is 23.4 Å². The molecule has 1 aromatic heterocycles. The van der Waals surface area contributed by atoms with Gasteiger partial charge in [-0.25, -0.2) is 9.67 Å². The second-order valence-corrected chi connectivity index (χ2v) is 7.48. The lowest BCUT2D eigenvalue weighted by Gasteiger charge is -2.27. The monoisotopic (exact) mass is 410 g/mol. The van der Waals surface area contributed by atoms with E-state index in [0.29, 0.717) is 18.9 Å². The lowest BCUT2D eigenvalue weighted by atomic mass is 10.00. The zero-order valence-corrected chi connectivity index (χ0v) is 17.2. The molecule has 2 heterocycles. The van der Waals surface area contributed by atoms with Crippen LogP contribution in [0.2, 0.25) is 0 Å². The van der Waals surface area contributed by atoms with Crippen LogP contribution in [0.15, 0.2) is 78.9 Å². The van der Waals surface area contributed by atoms with E-state index in [-0.39, 0.29) is 11.7 Å². The predicted octanol–water partition coefficient (Wildman–Crippen LogP) is 4.14. The SMILES string of the molecule is COc1ccc(-c2nc(C(=O)N3CCc4ccccc4C3)nn2-c2ccccc2)cc1. The Morgan fingerprint density at radius 2 is 1.61 bits per heavy atom. The summed E-state index contributed by atoms with van der Waals surface area (Å²) in [4.78, 5) is 19.8. The lowest BCUT2D eigenvalue weighted by molar-refractivity contribution is 0.0722. The van der Waals surface area contributed by atoms with E-state index < -0.39 is 0 Å². The Morgan fingerprint density at radius 1 is 0.903 bits per heavy atom. The quantitative estimate of drug-likeness (QED) is 0.507. The standard InChI is InChI=1S/C25H22N4O2/c1-31-22-13-11-19(12-14-22)24-26-23(27-29(24)21-9-3-2-4-10-21)25(30)28-16-15-18-7-5-6-8-20(18)17-28/h2-14H,15-17H2,1H3. The molecule has 0 bridgehead atoms. The Balaban J connectivity index is 1.52. The van der Waals surface area contributed by atoms with E-state index >= 15 is 0 Å². The summed E-state index contributed by atoms with van der Waals surface area (Å²) >= 11 is 0. The Labute approximate surface area is 180 Å². The van der Waals surface area contributed by atoms with E-state index in [9.17, 15) is 4.79 Å². The van der Waals surface area contributed by atoms with Gasteiger partial charge in [0.15, 0.2) is 5.82 Å². The van der Waals surface area contributed by atoms with E-state index in [2.05, 4.69) is 22.2 Å². The molecular weight excluding hydrogens is 388 g/mol. The van der Waals surface area contributed by atoms with Gasteiger partial charge in [0.2, 0.25) is 5.82 Å². The lowest BCUT2D eigenvalue weighted by Crippen LogP contribution is -2.36. The largest absolute Gasteiger partial charge is 0.497 e. The van der Waals surface area contributed by atoms with Crippen LogP contribution in [0.1, 0.15) is 21.7 Å². The molecule has 4 aromatic rings. The highest BCUT2D eigenvalue weighted by Crippen LogP contribution is 2.25. The van der Waals surface area contributed by atoms with Gasteiger partial charge in [-0.2, -0.15) is 0 Å². The van der Waals surface area contributed by atoms with Crippen LogP contribution in [-0.2, 0) is 13.0 Å². The molecule has 1 aliphatic heterocycles. The number of carbonyl (C=O) groups is 1. The normalized spacial score (nSPS) is 13.0. The van der Waals surface area contributed by atoms with Crippen LogP contribution in [-0.4, -0.2) is 39.2 Å². The topological polar surface area (TPSA) is 60.2 Å². The summed E-state index contributed by atoms with van der Waals surface area (Å²) in [5, 5.41) is 4.61. The van der Waals surface area contributed by atoms with Crippen LogP contribution in [0.25, 0.3) is 17.1 Å². The summed E-state index contributed by atoms with van der Waals surface area (Å²) in [5.74, 6) is 1.43. The third kappa shape index (κ3) is 3.68. The zero-order valence-electron chi connectivity index (χ0n) is 17.2. The summed E-state index contributed by atoms with van der Waals surface area (Å²) in [6, 6.07) is 25.6. The fourth-order valence-electron chi connectivity index (χ4n) is 3.89. The molecule has 0 radical (unpaired) electrons. The molecule has 0 aliphatic carbocycles. The van der Waals surface area contributed by atoms with E-state index in [1.165, 1.54) is 11.1 Å². The third-order valence-electron chi connectivity index (χ3n) is 5.57. The van der Waals surface area contributed by atoms with Gasteiger partial charge in [-0.05, 0) is 53.9 Å². The fourth-order valence-corrected chi connectivity index (χ4v) is 3.89. The first-order chi connectivity index (χ1) is 15.2. The van der Waals surface area contributed by atoms with Crippen LogP contribution in [0.5, 0.6) is 5.75 Å². The van der Waals surface area contributed by atoms with Crippen LogP contribution in [0, 0.1) is 0 Å². The summed E-state index contributed by atoms with van der Waals surface area (Å²) < 4.78 is 7.00. The Bertz CT molecular complexity index is 1220. The minimum Gasteiger partial charge on any atom is -0.497 e. The summed E-state index contributed by atoms with van der Waals surface area (Å²) in [6.07, 6.45) is 0.840. The average molecular weight is 410 g/mol. The van der Waals surface area contributed by atoms with Crippen molar-refractivity contribution in [2.75, 3.05) is 13.7 Å². The summed E-state index contributed by atoms with van der Waals surface area (Å²) in [6.45, 7) is 1.24. The first-order valence-corrected chi connectivity index (χ1v) is 10.3. The number of carbonyl (C=O) groups excluding carboxylic acids is 1. The Hall–Kier alpha value is -3.93. The van der Waals surface area contributed by atoms with E-state index in [1.807, 2.05) is 71.6 Å². The first kappa shape index (κ1) is 19.1. The van der Waals surface area contributed by atoms with Crippen LogP contribution in [0.3, 0.4) is 0 Å². The molecule has 154 valence electrons. The molecular formula is C25H22N4O2. The number of nitrogens with zero attached hydrogens (tertiary/aromatic N) is 4. The van der Waals surface area contributed by atoms with Crippen molar-refractivity contribution in [3.63, 3.8) is 0 Å². The van der Waals surface area contributed by atoms with Gasteiger partial charge < -0.3 is 9.64 Å². The van der Waals surface area contributed by atoms with Crippen molar-refractivity contribution in [2.45, 2.75) is 13.0 Å². The summed E-state index contributed by atoms with van der Waals surface area (Å²) in [7, 11) is 1.63. The van der Waals surface area contributed by atoms with Crippen molar-refractivity contribution in [2.24, 2.45) is 0 Å². The van der Waals surface area contributed by atoms with Gasteiger partial charge in [0.05, 0.1) is 12.8 Å². The van der Waals surface area contributed by atoms with Crippen LogP contribution >= 0.6 is 0 Å². The molecule has 6 nitrogen and oxygen atoms in total. The molecule has 0 spiro atoms. The number of hydrogen-bond donors (Lipinski definition) is 0. The second-order valence-electron chi connectivity index (χ2n) is 7.48. The number of benzene rings is 3. The minimum atomic E-state index is -0.154. The van der Waals surface area contributed by atoms with Crippen molar-refractivity contribution in [1.29, 1.82) is 0 Å². The minimum absolute atomic E-state index is 0.154. The number of ether oxygens (including phenoxy) is 1. The highest BCUT2D eigenvalue weighted by atomic mass is 16.5. The Kier molecular flexibility index (Phi) is 4.96. The molecule has 6 heteroatoms. The van der Waals surface area contributed by atoms with E-state index in [1.54, 1.807) is 11.8 Å². The smallest absolute Gasteiger partial charge is 0.293 e. The van der Waals surface area contributed by atoms with Crippen LogP contribution < -0.4 is 4.74 Å². The zero-order chi connectivity index (χ0) is 21.2. The van der Waals surface area contributed by atoms with Gasteiger partial charge in [-0.15, -0.1) is 5.10 Å². The van der Waals surface area contributed by atoms with Gasteiger partial charge >= 0.3 is 0 Å². The molecule has 1 aliphatic rings. The van der Waals surface area contributed by atoms with Crippen molar-refractivity contribution < 1.29 is 9.53 Å². The van der Waals surface area contributed by atoms with Gasteiger partial charge in [0.1, 0.15) is 5.75 Å². The molecule has 3 aromatic carbocycles. The molecule has 0 fully saturated rings. The molecule has 0 saturated carbocycles. The molecule has 0 saturated heterocycles. The highest BCUT2D eigenvalue weighted by molar-refractivity contribution is 5.91. The third-order valence-corrected chi connectivity index (χ3v) is 5.57. The molecule has 1 amide bonds. The maximum absolute atomic E-state index is 13.3. The van der Waals surface area contributed by atoms with Crippen molar-refractivity contribution >= 4 is 5.91 Å². The second kappa shape index (κ2) is 8.07. The number of rotatable bonds is 4. The molecule has 5 rings (SSSR count). The van der Waals surface area contributed by atoms with Gasteiger partial charge in [-0.3, -0.25) is 4.79 Å². The fraction of sp³-hybridized carbons (Fsp3) is 0.160. The number of amides is 1. The number of methoxy groups -OCH3 is 1. The molecule has 31 heavy (non-hydrogen) atoms. The van der Waals surface area contributed by atoms with E-state index in [4.69, 9.17) is 4.74 Å². The average Bonchev–Trinajstić information content (AvgIpc) is 3.29. The number of hydrogen-bond acceptors (Lipinski definition) is 4. The number of fused-ring (bicyclic) bond motifs is 1. The Morgan fingerprint density at radius 3 is 2.35 bits per heavy atom. The van der Waals surface area contributed by atoms with Gasteiger partial charge in [0, 0.05) is 18.7 Å². The number of aromatic nitrogens is 3. The highest BCUT2D eigenvalue weighted by Gasteiger charge is 2.26. The predicted molar refractivity (Wildman–Crippen MR) is 118 cm³/mol. The van der Waals surface area contributed by atoms with Crippen molar-refractivity contribution in [1.82, 2.24) is 19.7 Å². The first-order valence-electron chi connectivity index (χ1n) is 10.3. The maximum Gasteiger partial charge on any atom is 0.293 e. The molecule has 0 unspecified atom stereocenters. The van der Waals surface area contributed by atoms with Crippen molar-refractivity contribution in [3.8, 4) is 22.8 Å². The molecule has 0 N–H and O–H groups in total. The van der Waals surface area contributed by atoms with Crippen LogP contribution in [0.4, 0.5) is 0 Å². The number of para-hydroxylation sites is 1. The van der Waals surface area contributed by atoms with Gasteiger partial charge in [0.25, 0.3) is 5.91 Å². The maximum atomic E-state index is 13.3. The van der Waals surface area contributed by atoms with Gasteiger partial charge in [-0.1, -0.05) is 42.5 Å².